The zero-order valence-electron chi connectivity index (χ0n) is 12.7. The van der Waals surface area contributed by atoms with E-state index in [1.54, 1.807) is 31.2 Å². The van der Waals surface area contributed by atoms with E-state index < -0.39 is 10.5 Å². The van der Waals surface area contributed by atoms with Crippen molar-refractivity contribution in [3.63, 3.8) is 0 Å². The van der Waals surface area contributed by atoms with Crippen LogP contribution in [0.2, 0.25) is 0 Å². The molecule has 0 aliphatic heterocycles. The van der Waals surface area contributed by atoms with Gasteiger partial charge in [0, 0.05) is 12.1 Å². The Morgan fingerprint density at radius 3 is 2.35 bits per heavy atom. The van der Waals surface area contributed by atoms with E-state index in [4.69, 9.17) is 0 Å². The highest BCUT2D eigenvalue weighted by Gasteiger charge is 2.23. The van der Waals surface area contributed by atoms with E-state index in [9.17, 15) is 20.0 Å². The summed E-state index contributed by atoms with van der Waals surface area (Å²) in [4.78, 5) is 22.0. The van der Waals surface area contributed by atoms with Crippen LogP contribution in [0.25, 0.3) is 0 Å². The van der Waals surface area contributed by atoms with Crippen molar-refractivity contribution >= 4 is 11.6 Å². The van der Waals surface area contributed by atoms with Crippen molar-refractivity contribution in [3.8, 4) is 0 Å². The molecule has 2 rings (SSSR count). The van der Waals surface area contributed by atoms with Crippen LogP contribution in [0.5, 0.6) is 0 Å². The minimum Gasteiger partial charge on any atom is -0.384 e. The maximum absolute atomic E-state index is 12.0. The van der Waals surface area contributed by atoms with Gasteiger partial charge in [-0.15, -0.1) is 0 Å². The second-order valence-corrected chi connectivity index (χ2v) is 5.52. The minimum absolute atomic E-state index is 0.0128. The second kappa shape index (κ2) is 7.02. The first kappa shape index (κ1) is 16.6. The summed E-state index contributed by atoms with van der Waals surface area (Å²) in [6, 6.07) is 14.9. The molecule has 2 N–H and O–H groups in total. The largest absolute Gasteiger partial charge is 0.384 e. The Morgan fingerprint density at radius 1 is 1.17 bits per heavy atom. The fraction of sp³-hybridized carbons (Fsp3) is 0.235. The summed E-state index contributed by atoms with van der Waals surface area (Å²) >= 11 is 0. The maximum Gasteiger partial charge on any atom is 0.269 e. The van der Waals surface area contributed by atoms with Gasteiger partial charge < -0.3 is 10.4 Å². The van der Waals surface area contributed by atoms with Gasteiger partial charge in [0.15, 0.2) is 0 Å². The van der Waals surface area contributed by atoms with Crippen LogP contribution in [0.3, 0.4) is 0 Å². The molecular weight excluding hydrogens is 296 g/mol. The predicted molar refractivity (Wildman–Crippen MR) is 85.8 cm³/mol. The normalized spacial score (nSPS) is 13.1. The molecule has 1 unspecified atom stereocenters. The van der Waals surface area contributed by atoms with E-state index in [2.05, 4.69) is 5.32 Å². The number of rotatable bonds is 6. The van der Waals surface area contributed by atoms with E-state index in [1.165, 1.54) is 12.1 Å². The lowest BCUT2D eigenvalue weighted by Crippen LogP contribution is -2.39. The number of carbonyl (C=O) groups excluding carboxylic acids is 1. The monoisotopic (exact) mass is 314 g/mol. The van der Waals surface area contributed by atoms with Crippen molar-refractivity contribution in [3.05, 3.63) is 75.8 Å². The van der Waals surface area contributed by atoms with Crippen LogP contribution >= 0.6 is 0 Å². The van der Waals surface area contributed by atoms with E-state index in [0.29, 0.717) is 5.56 Å². The first-order valence-electron chi connectivity index (χ1n) is 7.16. The number of nitro benzene ring substituents is 1. The Bertz CT molecular complexity index is 681. The SMILES string of the molecule is CC(O)(CNC(=O)Cc1ccc([N+](=O)[O-])cc1)c1ccccc1. The molecule has 0 fully saturated rings. The highest BCUT2D eigenvalue weighted by Crippen LogP contribution is 2.19. The summed E-state index contributed by atoms with van der Waals surface area (Å²) in [5.74, 6) is -0.255. The zero-order chi connectivity index (χ0) is 16.9. The Labute approximate surface area is 133 Å². The molecule has 0 aliphatic rings. The van der Waals surface area contributed by atoms with Crippen molar-refractivity contribution in [2.45, 2.75) is 18.9 Å². The number of amides is 1. The topological polar surface area (TPSA) is 92.5 Å². The lowest BCUT2D eigenvalue weighted by Gasteiger charge is -2.24. The van der Waals surface area contributed by atoms with Crippen LogP contribution in [-0.4, -0.2) is 22.5 Å². The number of nitrogens with zero attached hydrogens (tertiary/aromatic N) is 1. The average molecular weight is 314 g/mol. The van der Waals surface area contributed by atoms with Gasteiger partial charge in [0.25, 0.3) is 5.69 Å². The first-order chi connectivity index (χ1) is 10.9. The molecule has 0 aromatic heterocycles. The summed E-state index contributed by atoms with van der Waals surface area (Å²) in [6.07, 6.45) is 0.100. The van der Waals surface area contributed by atoms with Crippen LogP contribution in [0.4, 0.5) is 5.69 Å². The van der Waals surface area contributed by atoms with Gasteiger partial charge in [0.2, 0.25) is 5.91 Å². The number of benzene rings is 2. The molecule has 0 bridgehead atoms. The Hall–Kier alpha value is -2.73. The molecule has 0 aliphatic carbocycles. The van der Waals surface area contributed by atoms with Gasteiger partial charge in [-0.3, -0.25) is 14.9 Å². The number of aliphatic hydroxyl groups is 1. The molecule has 0 heterocycles. The Morgan fingerprint density at radius 2 is 1.78 bits per heavy atom. The fourth-order valence-corrected chi connectivity index (χ4v) is 2.15. The predicted octanol–water partition coefficient (Wildman–Crippen LogP) is 2.16. The van der Waals surface area contributed by atoms with Gasteiger partial charge in [-0.1, -0.05) is 42.5 Å². The van der Waals surface area contributed by atoms with Gasteiger partial charge in [0.05, 0.1) is 17.9 Å². The molecule has 6 nitrogen and oxygen atoms in total. The van der Waals surface area contributed by atoms with E-state index in [0.717, 1.165) is 5.56 Å². The van der Waals surface area contributed by atoms with Crippen molar-refractivity contribution in [2.75, 3.05) is 6.54 Å². The van der Waals surface area contributed by atoms with Crippen molar-refractivity contribution < 1.29 is 14.8 Å². The molecule has 0 radical (unpaired) electrons. The third kappa shape index (κ3) is 4.62. The Kier molecular flexibility index (Phi) is 5.08. The summed E-state index contributed by atoms with van der Waals surface area (Å²) in [5.41, 5.74) is 0.219. The van der Waals surface area contributed by atoms with E-state index in [-0.39, 0.29) is 24.6 Å². The van der Waals surface area contributed by atoms with Gasteiger partial charge >= 0.3 is 0 Å². The molecule has 1 amide bonds. The Balaban J connectivity index is 1.91. The fourth-order valence-electron chi connectivity index (χ4n) is 2.15. The van der Waals surface area contributed by atoms with Crippen molar-refractivity contribution in [1.29, 1.82) is 0 Å². The van der Waals surface area contributed by atoms with E-state index >= 15 is 0 Å². The lowest BCUT2D eigenvalue weighted by atomic mass is 9.96. The molecule has 23 heavy (non-hydrogen) atoms. The van der Waals surface area contributed by atoms with Gasteiger partial charge in [-0.25, -0.2) is 0 Å². The molecule has 2 aromatic carbocycles. The lowest BCUT2D eigenvalue weighted by molar-refractivity contribution is -0.384. The molecule has 2 aromatic rings. The number of carbonyl (C=O) groups is 1. The van der Waals surface area contributed by atoms with Gasteiger partial charge in [-0.2, -0.15) is 0 Å². The number of nitro groups is 1. The highest BCUT2D eigenvalue weighted by molar-refractivity contribution is 5.78. The quantitative estimate of drug-likeness (QED) is 0.631. The van der Waals surface area contributed by atoms with Gasteiger partial charge in [-0.05, 0) is 18.1 Å². The zero-order valence-corrected chi connectivity index (χ0v) is 12.7. The highest BCUT2D eigenvalue weighted by atomic mass is 16.6. The molecule has 1 atom stereocenters. The summed E-state index contributed by atoms with van der Waals surface area (Å²) in [5, 5.41) is 23.7. The van der Waals surface area contributed by atoms with Crippen LogP contribution in [0, 0.1) is 10.1 Å². The smallest absolute Gasteiger partial charge is 0.269 e. The van der Waals surface area contributed by atoms with E-state index in [1.807, 2.05) is 18.2 Å². The van der Waals surface area contributed by atoms with Gasteiger partial charge in [0.1, 0.15) is 5.60 Å². The van der Waals surface area contributed by atoms with Crippen LogP contribution in [-0.2, 0) is 16.8 Å². The first-order valence-corrected chi connectivity index (χ1v) is 7.16. The summed E-state index contributed by atoms with van der Waals surface area (Å²) in [7, 11) is 0. The van der Waals surface area contributed by atoms with Crippen LogP contribution < -0.4 is 5.32 Å². The summed E-state index contributed by atoms with van der Waals surface area (Å²) < 4.78 is 0. The maximum atomic E-state index is 12.0. The molecule has 0 saturated heterocycles. The standard InChI is InChI=1S/C17H18N2O4/c1-17(21,14-5-3-2-4-6-14)12-18-16(20)11-13-7-9-15(10-8-13)19(22)23/h2-10,21H,11-12H2,1H3,(H,18,20). The number of hydrogen-bond donors (Lipinski definition) is 2. The third-order valence-corrected chi connectivity index (χ3v) is 3.54. The minimum atomic E-state index is -1.16. The van der Waals surface area contributed by atoms with Crippen LogP contribution in [0.1, 0.15) is 18.1 Å². The summed E-state index contributed by atoms with van der Waals surface area (Å²) in [6.45, 7) is 1.72. The molecule has 0 spiro atoms. The molecular formula is C17H18N2O4. The number of nitrogens with one attached hydrogen (secondary N) is 1. The number of non-ortho nitro benzene ring substituents is 1. The number of hydrogen-bond acceptors (Lipinski definition) is 4. The van der Waals surface area contributed by atoms with Crippen molar-refractivity contribution in [1.82, 2.24) is 5.32 Å². The average Bonchev–Trinajstić information content (AvgIpc) is 2.54. The molecule has 0 saturated carbocycles. The molecule has 6 heteroatoms. The van der Waals surface area contributed by atoms with Crippen LogP contribution in [0.15, 0.2) is 54.6 Å². The van der Waals surface area contributed by atoms with Crippen molar-refractivity contribution in [2.24, 2.45) is 0 Å². The second-order valence-electron chi connectivity index (χ2n) is 5.52. The third-order valence-electron chi connectivity index (χ3n) is 3.54. The molecule has 120 valence electrons.